The maximum absolute atomic E-state index is 13.2. The van der Waals surface area contributed by atoms with E-state index in [1.165, 1.54) is 32.1 Å². The lowest BCUT2D eigenvalue weighted by Gasteiger charge is -2.30. The summed E-state index contributed by atoms with van der Waals surface area (Å²) in [5.41, 5.74) is 1.01. The summed E-state index contributed by atoms with van der Waals surface area (Å²) < 4.78 is 6.16. The van der Waals surface area contributed by atoms with Crippen LogP contribution >= 0.6 is 0 Å². The molecule has 4 nitrogen and oxygen atoms in total. The second kappa shape index (κ2) is 8.63. The van der Waals surface area contributed by atoms with Gasteiger partial charge in [0.25, 0.3) is 5.91 Å². The summed E-state index contributed by atoms with van der Waals surface area (Å²) in [6.45, 7) is 4.89. The molecule has 1 spiro atoms. The Labute approximate surface area is 156 Å². The van der Waals surface area contributed by atoms with E-state index in [1.54, 1.807) is 5.01 Å². The minimum absolute atomic E-state index is 0.0270. The molecular formula is C22H30N2O2. The third-order valence-corrected chi connectivity index (χ3v) is 5.50. The van der Waals surface area contributed by atoms with E-state index < -0.39 is 5.41 Å². The Morgan fingerprint density at radius 3 is 2.65 bits per heavy atom. The average Bonchev–Trinajstić information content (AvgIpc) is 3.20. The summed E-state index contributed by atoms with van der Waals surface area (Å²) in [6.07, 6.45) is 12.0. The molecule has 1 aliphatic carbocycles. The monoisotopic (exact) mass is 354 g/mol. The highest BCUT2D eigenvalue weighted by Gasteiger charge is 2.56. The zero-order chi connectivity index (χ0) is 18.4. The van der Waals surface area contributed by atoms with Gasteiger partial charge < -0.3 is 4.74 Å². The van der Waals surface area contributed by atoms with E-state index in [9.17, 15) is 4.79 Å². The van der Waals surface area contributed by atoms with Crippen LogP contribution in [0, 0.1) is 5.41 Å². The largest absolute Gasteiger partial charge is 0.373 e. The predicted octanol–water partition coefficient (Wildman–Crippen LogP) is 5.10. The van der Waals surface area contributed by atoms with Gasteiger partial charge in [0.05, 0.1) is 17.5 Å². The third-order valence-electron chi connectivity index (χ3n) is 5.50. The number of allylic oxidation sites excluding steroid dienone is 1. The summed E-state index contributed by atoms with van der Waals surface area (Å²) in [6, 6.07) is 9.64. The zero-order valence-electron chi connectivity index (χ0n) is 16.0. The van der Waals surface area contributed by atoms with Gasteiger partial charge in [-0.3, -0.25) is 4.79 Å². The second-order valence-electron chi connectivity index (χ2n) is 7.30. The smallest absolute Gasteiger partial charge is 0.262 e. The number of ether oxygens (including phenoxy) is 1. The molecule has 2 atom stereocenters. The Balaban J connectivity index is 1.60. The number of hydrogen-bond acceptors (Lipinski definition) is 3. The van der Waals surface area contributed by atoms with Crippen LogP contribution in [0.4, 0.5) is 5.69 Å². The lowest BCUT2D eigenvalue weighted by atomic mass is 9.78. The van der Waals surface area contributed by atoms with Crippen LogP contribution in [0.3, 0.4) is 0 Å². The molecule has 1 aromatic carbocycles. The first-order valence-electron chi connectivity index (χ1n) is 9.93. The number of benzene rings is 1. The lowest BCUT2D eigenvalue weighted by Crippen LogP contribution is -2.46. The van der Waals surface area contributed by atoms with Crippen molar-refractivity contribution in [2.45, 2.75) is 64.9 Å². The van der Waals surface area contributed by atoms with E-state index in [4.69, 9.17) is 4.74 Å². The quantitative estimate of drug-likeness (QED) is 0.457. The zero-order valence-corrected chi connectivity index (χ0v) is 16.0. The van der Waals surface area contributed by atoms with Gasteiger partial charge in [-0.1, -0.05) is 69.4 Å². The van der Waals surface area contributed by atoms with Crippen molar-refractivity contribution in [3.8, 4) is 0 Å². The fraction of sp³-hybridized carbons (Fsp3) is 0.545. The molecule has 0 unspecified atom stereocenters. The molecule has 4 heteroatoms. The normalized spacial score (nSPS) is 24.7. The molecule has 0 radical (unpaired) electrons. The van der Waals surface area contributed by atoms with Gasteiger partial charge >= 0.3 is 0 Å². The summed E-state index contributed by atoms with van der Waals surface area (Å²) >= 11 is 0. The molecule has 1 heterocycles. The average molecular weight is 354 g/mol. The maximum atomic E-state index is 13.2. The number of hydrogen-bond donors (Lipinski definition) is 0. The van der Waals surface area contributed by atoms with Crippen LogP contribution in [0.25, 0.3) is 0 Å². The van der Waals surface area contributed by atoms with Crippen molar-refractivity contribution in [2.24, 2.45) is 10.5 Å². The van der Waals surface area contributed by atoms with Crippen molar-refractivity contribution < 1.29 is 9.53 Å². The maximum Gasteiger partial charge on any atom is 0.262 e. The van der Waals surface area contributed by atoms with E-state index in [1.807, 2.05) is 43.3 Å². The summed E-state index contributed by atoms with van der Waals surface area (Å²) in [4.78, 5) is 13.2. The van der Waals surface area contributed by atoms with Gasteiger partial charge in [0.15, 0.2) is 0 Å². The Kier molecular flexibility index (Phi) is 6.25. The van der Waals surface area contributed by atoms with Crippen molar-refractivity contribution in [2.75, 3.05) is 11.6 Å². The highest BCUT2D eigenvalue weighted by Crippen LogP contribution is 2.44. The Bertz CT molecular complexity index is 668. The van der Waals surface area contributed by atoms with Gasteiger partial charge in [-0.25, -0.2) is 0 Å². The molecule has 26 heavy (non-hydrogen) atoms. The minimum Gasteiger partial charge on any atom is -0.373 e. The fourth-order valence-corrected chi connectivity index (χ4v) is 3.88. The number of carbonyl (C=O) groups is 1. The van der Waals surface area contributed by atoms with Crippen LogP contribution in [0.2, 0.25) is 0 Å². The summed E-state index contributed by atoms with van der Waals surface area (Å²) in [7, 11) is 0. The number of nitrogens with zero attached hydrogens (tertiary/aromatic N) is 2. The number of rotatable bonds is 9. The van der Waals surface area contributed by atoms with Crippen LogP contribution in [0.15, 0.2) is 47.6 Å². The van der Waals surface area contributed by atoms with Gasteiger partial charge in [0.1, 0.15) is 5.41 Å². The lowest BCUT2D eigenvalue weighted by molar-refractivity contribution is -0.128. The van der Waals surface area contributed by atoms with Crippen LogP contribution in [0.5, 0.6) is 0 Å². The molecule has 140 valence electrons. The molecule has 0 aromatic heterocycles. The molecule has 0 saturated heterocycles. The van der Waals surface area contributed by atoms with Crippen LogP contribution in [0.1, 0.15) is 58.8 Å². The Hall–Kier alpha value is -1.94. The topological polar surface area (TPSA) is 41.9 Å². The predicted molar refractivity (Wildman–Crippen MR) is 106 cm³/mol. The van der Waals surface area contributed by atoms with Crippen molar-refractivity contribution in [3.63, 3.8) is 0 Å². The van der Waals surface area contributed by atoms with Crippen molar-refractivity contribution in [1.29, 1.82) is 0 Å². The minimum atomic E-state index is -0.655. The SMILES string of the molecule is CCCCCCCCO[C@H]1C=CC[C@]12C(=O)N(c1ccccc1)N=C2C. The van der Waals surface area contributed by atoms with E-state index in [2.05, 4.69) is 18.1 Å². The number of para-hydroxylation sites is 1. The number of hydrazone groups is 1. The number of amides is 1. The number of carbonyl (C=O) groups excluding carboxylic acids is 1. The molecule has 1 aromatic rings. The van der Waals surface area contributed by atoms with E-state index >= 15 is 0 Å². The third kappa shape index (κ3) is 3.61. The molecule has 2 aliphatic rings. The van der Waals surface area contributed by atoms with E-state index in [0.717, 1.165) is 17.8 Å². The highest BCUT2D eigenvalue weighted by atomic mass is 16.5. The fourth-order valence-electron chi connectivity index (χ4n) is 3.88. The molecule has 3 rings (SSSR count). The Morgan fingerprint density at radius 1 is 1.15 bits per heavy atom. The van der Waals surface area contributed by atoms with Gasteiger partial charge in [-0.15, -0.1) is 0 Å². The van der Waals surface area contributed by atoms with Gasteiger partial charge in [0, 0.05) is 6.61 Å². The van der Waals surface area contributed by atoms with Gasteiger partial charge in [-0.2, -0.15) is 10.1 Å². The molecule has 0 saturated carbocycles. The summed E-state index contributed by atoms with van der Waals surface area (Å²) in [5.74, 6) is 0.0270. The highest BCUT2D eigenvalue weighted by molar-refractivity contribution is 6.19. The van der Waals surface area contributed by atoms with Gasteiger partial charge in [0.2, 0.25) is 0 Å². The first-order valence-corrected chi connectivity index (χ1v) is 9.93. The molecule has 1 amide bonds. The van der Waals surface area contributed by atoms with E-state index in [0.29, 0.717) is 13.0 Å². The van der Waals surface area contributed by atoms with Crippen LogP contribution in [-0.4, -0.2) is 24.3 Å². The van der Waals surface area contributed by atoms with Crippen molar-refractivity contribution >= 4 is 17.3 Å². The number of unbranched alkanes of at least 4 members (excludes halogenated alkanes) is 5. The van der Waals surface area contributed by atoms with Crippen molar-refractivity contribution in [1.82, 2.24) is 0 Å². The molecule has 0 bridgehead atoms. The second-order valence-corrected chi connectivity index (χ2v) is 7.30. The number of anilines is 1. The van der Waals surface area contributed by atoms with Crippen molar-refractivity contribution in [3.05, 3.63) is 42.5 Å². The first-order chi connectivity index (χ1) is 12.7. The molecule has 1 aliphatic heterocycles. The molecule has 0 fully saturated rings. The standard InChI is InChI=1S/C22H30N2O2/c1-3-4-5-6-7-11-17-26-20-15-12-16-22(20)18(2)23-24(21(22)25)19-13-9-8-10-14-19/h8-10,12-15,20H,3-7,11,16-17H2,1-2H3/t20-,22+/m0/s1. The molecular weight excluding hydrogens is 324 g/mol. The first kappa shape index (κ1) is 18.8. The summed E-state index contributed by atoms with van der Waals surface area (Å²) in [5, 5.41) is 6.13. The van der Waals surface area contributed by atoms with Crippen LogP contribution in [-0.2, 0) is 9.53 Å². The van der Waals surface area contributed by atoms with Crippen LogP contribution < -0.4 is 5.01 Å². The van der Waals surface area contributed by atoms with Gasteiger partial charge in [-0.05, 0) is 31.9 Å². The molecule has 0 N–H and O–H groups in total. The van der Waals surface area contributed by atoms with E-state index in [-0.39, 0.29) is 12.0 Å². The Morgan fingerprint density at radius 2 is 1.88 bits per heavy atom.